The largest absolute Gasteiger partial charge is 0.361 e. The van der Waals surface area contributed by atoms with Crippen LogP contribution < -0.4 is 5.32 Å². The lowest BCUT2D eigenvalue weighted by Gasteiger charge is -2.36. The van der Waals surface area contributed by atoms with Crippen LogP contribution in [0.15, 0.2) is 33.8 Å². The number of benzene rings is 1. The second kappa shape index (κ2) is 10.4. The van der Waals surface area contributed by atoms with Crippen molar-refractivity contribution in [3.8, 4) is 6.07 Å². The molecule has 9 heteroatoms. The van der Waals surface area contributed by atoms with Crippen LogP contribution in [0, 0.1) is 24.1 Å². The first kappa shape index (κ1) is 22.1. The van der Waals surface area contributed by atoms with Crippen molar-refractivity contribution in [3.63, 3.8) is 0 Å². The SMILES string of the molecule is CN=C(NCc1cc(C#N)ccc1F)N1CCN(Cc2cc(C)on2)CC1.I. The van der Waals surface area contributed by atoms with Gasteiger partial charge < -0.3 is 14.7 Å². The molecule has 2 heterocycles. The highest BCUT2D eigenvalue weighted by Gasteiger charge is 2.20. The average Bonchev–Trinajstić information content (AvgIpc) is 3.09. The van der Waals surface area contributed by atoms with Crippen LogP contribution >= 0.6 is 24.0 Å². The van der Waals surface area contributed by atoms with Crippen molar-refractivity contribution >= 4 is 29.9 Å². The van der Waals surface area contributed by atoms with Gasteiger partial charge in [-0.1, -0.05) is 5.16 Å². The first-order valence-corrected chi connectivity index (χ1v) is 8.87. The number of nitrogens with one attached hydrogen (secondary N) is 1. The summed E-state index contributed by atoms with van der Waals surface area (Å²) in [6.07, 6.45) is 0. The normalized spacial score (nSPS) is 15.1. The Kier molecular flexibility index (Phi) is 8.19. The van der Waals surface area contributed by atoms with Gasteiger partial charge in [-0.3, -0.25) is 9.89 Å². The molecule has 1 aromatic heterocycles. The Morgan fingerprint density at radius 3 is 2.68 bits per heavy atom. The maximum atomic E-state index is 13.9. The van der Waals surface area contributed by atoms with Gasteiger partial charge in [0, 0.05) is 57.9 Å². The fourth-order valence-electron chi connectivity index (χ4n) is 3.13. The number of piperazine rings is 1. The third-order valence-electron chi connectivity index (χ3n) is 4.56. The van der Waals surface area contributed by atoms with Gasteiger partial charge in [0.25, 0.3) is 0 Å². The number of nitriles is 1. The summed E-state index contributed by atoms with van der Waals surface area (Å²) >= 11 is 0. The summed E-state index contributed by atoms with van der Waals surface area (Å²) in [6.45, 7) is 6.33. The van der Waals surface area contributed by atoms with Gasteiger partial charge in [-0.25, -0.2) is 4.39 Å². The molecule has 1 aliphatic rings. The molecule has 1 fully saturated rings. The Morgan fingerprint density at radius 1 is 1.32 bits per heavy atom. The molecule has 0 spiro atoms. The average molecular weight is 498 g/mol. The van der Waals surface area contributed by atoms with Gasteiger partial charge in [0.05, 0.1) is 17.3 Å². The topological polar surface area (TPSA) is 80.7 Å². The molecular formula is C19H24FIN6O. The third-order valence-corrected chi connectivity index (χ3v) is 4.56. The lowest BCUT2D eigenvalue weighted by Crippen LogP contribution is -2.52. The molecule has 1 aliphatic heterocycles. The van der Waals surface area contributed by atoms with Gasteiger partial charge in [0.1, 0.15) is 11.6 Å². The molecule has 2 aromatic rings. The van der Waals surface area contributed by atoms with E-state index in [-0.39, 0.29) is 36.3 Å². The smallest absolute Gasteiger partial charge is 0.194 e. The molecule has 0 atom stereocenters. The van der Waals surface area contributed by atoms with Crippen molar-refractivity contribution in [1.82, 2.24) is 20.3 Å². The predicted octanol–water partition coefficient (Wildman–Crippen LogP) is 2.51. The van der Waals surface area contributed by atoms with Crippen molar-refractivity contribution in [2.24, 2.45) is 4.99 Å². The summed E-state index contributed by atoms with van der Waals surface area (Å²) in [7, 11) is 1.72. The zero-order valence-corrected chi connectivity index (χ0v) is 18.3. The van der Waals surface area contributed by atoms with Crippen LogP contribution in [0.4, 0.5) is 4.39 Å². The first-order valence-electron chi connectivity index (χ1n) is 8.87. The molecular weight excluding hydrogens is 474 g/mol. The lowest BCUT2D eigenvalue weighted by molar-refractivity contribution is 0.169. The van der Waals surface area contributed by atoms with E-state index in [1.54, 1.807) is 13.1 Å². The molecule has 150 valence electrons. The first-order chi connectivity index (χ1) is 13.1. The van der Waals surface area contributed by atoms with Crippen LogP contribution in [0.25, 0.3) is 0 Å². The predicted molar refractivity (Wildman–Crippen MR) is 115 cm³/mol. The maximum absolute atomic E-state index is 13.9. The maximum Gasteiger partial charge on any atom is 0.194 e. The molecule has 0 amide bonds. The molecule has 0 unspecified atom stereocenters. The summed E-state index contributed by atoms with van der Waals surface area (Å²) in [6, 6.07) is 8.35. The van der Waals surface area contributed by atoms with Crippen LogP contribution in [0.1, 0.15) is 22.6 Å². The number of nitrogens with zero attached hydrogens (tertiary/aromatic N) is 5. The molecule has 1 aromatic carbocycles. The second-order valence-corrected chi connectivity index (χ2v) is 6.51. The van der Waals surface area contributed by atoms with E-state index in [4.69, 9.17) is 9.78 Å². The van der Waals surface area contributed by atoms with E-state index in [1.807, 2.05) is 19.1 Å². The van der Waals surface area contributed by atoms with Gasteiger partial charge in [0.2, 0.25) is 0 Å². The highest BCUT2D eigenvalue weighted by molar-refractivity contribution is 14.0. The van der Waals surface area contributed by atoms with Gasteiger partial charge in [-0.05, 0) is 25.1 Å². The van der Waals surface area contributed by atoms with E-state index < -0.39 is 0 Å². The van der Waals surface area contributed by atoms with Gasteiger partial charge >= 0.3 is 0 Å². The Balaban J connectivity index is 0.00000280. The summed E-state index contributed by atoms with van der Waals surface area (Å²) in [5.41, 5.74) is 1.84. The van der Waals surface area contributed by atoms with E-state index in [0.29, 0.717) is 11.1 Å². The van der Waals surface area contributed by atoms with Crippen molar-refractivity contribution < 1.29 is 8.91 Å². The molecule has 0 radical (unpaired) electrons. The molecule has 0 saturated carbocycles. The Bertz CT molecular complexity index is 854. The van der Waals surface area contributed by atoms with Crippen molar-refractivity contribution in [2.75, 3.05) is 33.2 Å². The minimum atomic E-state index is -0.329. The molecule has 1 saturated heterocycles. The molecule has 1 N–H and O–H groups in total. The van der Waals surface area contributed by atoms with Crippen LogP contribution in [0.2, 0.25) is 0 Å². The fraction of sp³-hybridized carbons (Fsp3) is 0.421. The fourth-order valence-corrected chi connectivity index (χ4v) is 3.13. The van der Waals surface area contributed by atoms with Crippen molar-refractivity contribution in [2.45, 2.75) is 20.0 Å². The van der Waals surface area contributed by atoms with E-state index in [1.165, 1.54) is 12.1 Å². The summed E-state index contributed by atoms with van der Waals surface area (Å²) in [4.78, 5) is 8.78. The van der Waals surface area contributed by atoms with Gasteiger partial charge in [-0.15, -0.1) is 24.0 Å². The minimum absolute atomic E-state index is 0. The number of aliphatic imine (C=N–C) groups is 1. The van der Waals surface area contributed by atoms with E-state index in [2.05, 4.69) is 25.3 Å². The number of rotatable bonds is 4. The number of halogens is 2. The minimum Gasteiger partial charge on any atom is -0.361 e. The molecule has 0 aliphatic carbocycles. The third kappa shape index (κ3) is 5.65. The monoisotopic (exact) mass is 498 g/mol. The quantitative estimate of drug-likeness (QED) is 0.397. The zero-order chi connectivity index (χ0) is 19.2. The highest BCUT2D eigenvalue weighted by Crippen LogP contribution is 2.12. The van der Waals surface area contributed by atoms with Crippen LogP contribution in [-0.4, -0.2) is 54.1 Å². The lowest BCUT2D eigenvalue weighted by atomic mass is 10.1. The summed E-state index contributed by atoms with van der Waals surface area (Å²) < 4.78 is 19.1. The molecule has 7 nitrogen and oxygen atoms in total. The van der Waals surface area contributed by atoms with Gasteiger partial charge in [-0.2, -0.15) is 5.26 Å². The van der Waals surface area contributed by atoms with E-state index in [0.717, 1.165) is 50.1 Å². The summed E-state index contributed by atoms with van der Waals surface area (Å²) in [5, 5.41) is 16.2. The molecule has 28 heavy (non-hydrogen) atoms. The van der Waals surface area contributed by atoms with E-state index >= 15 is 0 Å². The Morgan fingerprint density at radius 2 is 2.07 bits per heavy atom. The van der Waals surface area contributed by atoms with Crippen LogP contribution in [0.3, 0.4) is 0 Å². The number of guanidine groups is 1. The molecule has 3 rings (SSSR count). The second-order valence-electron chi connectivity index (χ2n) is 6.51. The number of aromatic nitrogens is 1. The summed E-state index contributed by atoms with van der Waals surface area (Å²) in [5.74, 6) is 1.22. The highest BCUT2D eigenvalue weighted by atomic mass is 127. The number of aryl methyl sites for hydroxylation is 1. The zero-order valence-electron chi connectivity index (χ0n) is 16.0. The van der Waals surface area contributed by atoms with Crippen molar-refractivity contribution in [3.05, 3.63) is 52.7 Å². The Labute approximate surface area is 181 Å². The standard InChI is InChI=1S/C19H23FN6O.HI/c1-14-9-17(24-27-14)13-25-5-7-26(8-6-25)19(22-2)23-12-16-10-15(11-21)3-4-18(16)20;/h3-4,9-10H,5-8,12-13H2,1-2H3,(H,22,23);1H. The van der Waals surface area contributed by atoms with Crippen molar-refractivity contribution in [1.29, 1.82) is 5.26 Å². The molecule has 0 bridgehead atoms. The number of hydrogen-bond acceptors (Lipinski definition) is 5. The number of hydrogen-bond donors (Lipinski definition) is 1. The van der Waals surface area contributed by atoms with Gasteiger partial charge in [0.15, 0.2) is 5.96 Å². The van der Waals surface area contributed by atoms with Crippen LogP contribution in [0.5, 0.6) is 0 Å². The Hall–Kier alpha value is -2.19. The van der Waals surface area contributed by atoms with Crippen LogP contribution in [-0.2, 0) is 13.1 Å². The van der Waals surface area contributed by atoms with E-state index in [9.17, 15) is 4.39 Å².